The molecule has 110 valence electrons. The number of anilines is 3. The Labute approximate surface area is 126 Å². The highest BCUT2D eigenvalue weighted by atomic mass is 15.2. The second-order valence-electron chi connectivity index (χ2n) is 5.48. The first-order valence-corrected chi connectivity index (χ1v) is 7.72. The van der Waals surface area contributed by atoms with Gasteiger partial charge < -0.3 is 10.2 Å². The molecule has 0 saturated carbocycles. The number of rotatable bonds is 4. The average Bonchev–Trinajstić information content (AvgIpc) is 2.53. The number of nitrogens with one attached hydrogen (secondary N) is 1. The van der Waals surface area contributed by atoms with E-state index in [0.717, 1.165) is 49.6 Å². The summed E-state index contributed by atoms with van der Waals surface area (Å²) in [6, 6.07) is 8.62. The lowest BCUT2D eigenvalue weighted by molar-refractivity contribution is 0.756. The number of para-hydroxylation sites is 1. The van der Waals surface area contributed by atoms with Crippen LogP contribution in [0, 0.1) is 6.92 Å². The van der Waals surface area contributed by atoms with Crippen LogP contribution in [0.2, 0.25) is 0 Å². The summed E-state index contributed by atoms with van der Waals surface area (Å²) in [7, 11) is 0. The van der Waals surface area contributed by atoms with E-state index in [4.69, 9.17) is 0 Å². The molecule has 0 bridgehead atoms. The van der Waals surface area contributed by atoms with Crippen LogP contribution >= 0.6 is 0 Å². The molecular weight excluding hydrogens is 260 g/mol. The standard InChI is InChI=1S/C17H22N4/c1-3-10-18-16-13(2)17(20-12-19-16)21-11-6-8-14-7-4-5-9-15(14)21/h4-5,7,9,12H,3,6,8,10-11H2,1-2H3,(H,18,19,20). The summed E-state index contributed by atoms with van der Waals surface area (Å²) in [5.74, 6) is 1.97. The molecule has 0 amide bonds. The highest BCUT2D eigenvalue weighted by Crippen LogP contribution is 2.34. The van der Waals surface area contributed by atoms with E-state index in [-0.39, 0.29) is 0 Å². The minimum atomic E-state index is 0.938. The van der Waals surface area contributed by atoms with Crippen molar-refractivity contribution < 1.29 is 0 Å². The van der Waals surface area contributed by atoms with Crippen LogP contribution in [0.5, 0.6) is 0 Å². The smallest absolute Gasteiger partial charge is 0.141 e. The van der Waals surface area contributed by atoms with E-state index in [2.05, 4.69) is 58.3 Å². The van der Waals surface area contributed by atoms with E-state index in [1.54, 1.807) is 6.33 Å². The maximum Gasteiger partial charge on any atom is 0.141 e. The highest BCUT2D eigenvalue weighted by Gasteiger charge is 2.21. The maximum atomic E-state index is 4.54. The topological polar surface area (TPSA) is 41.1 Å². The minimum Gasteiger partial charge on any atom is -0.370 e. The van der Waals surface area contributed by atoms with E-state index < -0.39 is 0 Å². The SMILES string of the molecule is CCCNc1ncnc(N2CCCc3ccccc32)c1C. The Morgan fingerprint density at radius 1 is 1.24 bits per heavy atom. The maximum absolute atomic E-state index is 4.54. The molecule has 1 aromatic heterocycles. The van der Waals surface area contributed by atoms with Gasteiger partial charge in [0.05, 0.1) is 0 Å². The third-order valence-electron chi connectivity index (χ3n) is 3.97. The monoisotopic (exact) mass is 282 g/mol. The van der Waals surface area contributed by atoms with Gasteiger partial charge >= 0.3 is 0 Å². The van der Waals surface area contributed by atoms with Gasteiger partial charge in [0.1, 0.15) is 18.0 Å². The van der Waals surface area contributed by atoms with Crippen molar-refractivity contribution in [3.63, 3.8) is 0 Å². The second kappa shape index (κ2) is 6.12. The molecule has 0 aliphatic carbocycles. The Hall–Kier alpha value is -2.10. The fourth-order valence-electron chi connectivity index (χ4n) is 2.89. The van der Waals surface area contributed by atoms with Crippen LogP contribution < -0.4 is 10.2 Å². The first-order valence-electron chi connectivity index (χ1n) is 7.72. The lowest BCUT2D eigenvalue weighted by atomic mass is 10.0. The van der Waals surface area contributed by atoms with Crippen LogP contribution in [0.3, 0.4) is 0 Å². The highest BCUT2D eigenvalue weighted by molar-refractivity contribution is 5.70. The normalized spacial score (nSPS) is 13.9. The molecule has 1 aromatic carbocycles. The Morgan fingerprint density at radius 3 is 2.95 bits per heavy atom. The van der Waals surface area contributed by atoms with Crippen LogP contribution in [0.25, 0.3) is 0 Å². The van der Waals surface area contributed by atoms with Gasteiger partial charge in [-0.15, -0.1) is 0 Å². The summed E-state index contributed by atoms with van der Waals surface area (Å²) in [6.45, 7) is 6.21. The summed E-state index contributed by atoms with van der Waals surface area (Å²) in [4.78, 5) is 11.2. The summed E-state index contributed by atoms with van der Waals surface area (Å²) in [5.41, 5.74) is 3.82. The molecule has 0 unspecified atom stereocenters. The van der Waals surface area contributed by atoms with E-state index in [1.165, 1.54) is 11.3 Å². The first-order chi connectivity index (χ1) is 10.3. The van der Waals surface area contributed by atoms with E-state index in [0.29, 0.717) is 0 Å². The van der Waals surface area contributed by atoms with Crippen molar-refractivity contribution in [1.82, 2.24) is 9.97 Å². The van der Waals surface area contributed by atoms with Crippen LogP contribution in [0.1, 0.15) is 30.9 Å². The molecule has 0 fully saturated rings. The van der Waals surface area contributed by atoms with Crippen molar-refractivity contribution in [3.8, 4) is 0 Å². The fourth-order valence-corrected chi connectivity index (χ4v) is 2.89. The average molecular weight is 282 g/mol. The van der Waals surface area contributed by atoms with Crippen LogP contribution in [-0.2, 0) is 6.42 Å². The van der Waals surface area contributed by atoms with Crippen molar-refractivity contribution in [2.75, 3.05) is 23.3 Å². The Balaban J connectivity index is 1.98. The van der Waals surface area contributed by atoms with E-state index in [9.17, 15) is 0 Å². The Bertz CT molecular complexity index is 624. The van der Waals surface area contributed by atoms with Gasteiger partial charge in [-0.3, -0.25) is 0 Å². The molecule has 1 aliphatic rings. The molecule has 0 atom stereocenters. The number of aryl methyl sites for hydroxylation is 1. The molecule has 0 radical (unpaired) electrons. The van der Waals surface area contributed by atoms with Crippen molar-refractivity contribution in [1.29, 1.82) is 0 Å². The molecule has 1 aliphatic heterocycles. The Morgan fingerprint density at radius 2 is 2.10 bits per heavy atom. The largest absolute Gasteiger partial charge is 0.370 e. The molecule has 4 nitrogen and oxygen atoms in total. The molecule has 1 N–H and O–H groups in total. The lowest BCUT2D eigenvalue weighted by Gasteiger charge is -2.31. The number of benzene rings is 1. The van der Waals surface area contributed by atoms with Crippen LogP contribution in [0.15, 0.2) is 30.6 Å². The summed E-state index contributed by atoms with van der Waals surface area (Å²) in [5, 5.41) is 3.39. The van der Waals surface area contributed by atoms with Gasteiger partial charge in [0, 0.05) is 24.3 Å². The second-order valence-corrected chi connectivity index (χ2v) is 5.48. The van der Waals surface area contributed by atoms with E-state index >= 15 is 0 Å². The molecule has 0 spiro atoms. The summed E-state index contributed by atoms with van der Waals surface area (Å²) < 4.78 is 0. The molecule has 21 heavy (non-hydrogen) atoms. The van der Waals surface area contributed by atoms with E-state index in [1.807, 2.05) is 0 Å². The fraction of sp³-hybridized carbons (Fsp3) is 0.412. The van der Waals surface area contributed by atoms with Crippen molar-refractivity contribution in [3.05, 3.63) is 41.7 Å². The van der Waals surface area contributed by atoms with Crippen LogP contribution in [0.4, 0.5) is 17.3 Å². The quantitative estimate of drug-likeness (QED) is 0.928. The zero-order valence-corrected chi connectivity index (χ0v) is 12.8. The van der Waals surface area contributed by atoms with Crippen molar-refractivity contribution in [2.45, 2.75) is 33.1 Å². The molecule has 4 heteroatoms. The number of hydrogen-bond acceptors (Lipinski definition) is 4. The molecular formula is C17H22N4. The van der Waals surface area contributed by atoms with Crippen LogP contribution in [-0.4, -0.2) is 23.1 Å². The van der Waals surface area contributed by atoms with Gasteiger partial charge in [-0.1, -0.05) is 25.1 Å². The lowest BCUT2D eigenvalue weighted by Crippen LogP contribution is -2.26. The number of nitrogens with zero attached hydrogens (tertiary/aromatic N) is 3. The van der Waals surface area contributed by atoms with Gasteiger partial charge in [0.15, 0.2) is 0 Å². The zero-order valence-electron chi connectivity index (χ0n) is 12.8. The minimum absolute atomic E-state index is 0.938. The van der Waals surface area contributed by atoms with Gasteiger partial charge in [-0.05, 0) is 37.8 Å². The Kier molecular flexibility index (Phi) is 4.04. The van der Waals surface area contributed by atoms with Gasteiger partial charge in [0.2, 0.25) is 0 Å². The third-order valence-corrected chi connectivity index (χ3v) is 3.97. The predicted octanol–water partition coefficient (Wildman–Crippen LogP) is 3.69. The summed E-state index contributed by atoms with van der Waals surface area (Å²) in [6.07, 6.45) is 5.07. The number of hydrogen-bond donors (Lipinski definition) is 1. The van der Waals surface area contributed by atoms with Gasteiger partial charge in [-0.2, -0.15) is 0 Å². The summed E-state index contributed by atoms with van der Waals surface area (Å²) >= 11 is 0. The third kappa shape index (κ3) is 2.71. The molecule has 0 saturated heterocycles. The predicted molar refractivity (Wildman–Crippen MR) is 87.3 cm³/mol. The molecule has 3 rings (SSSR count). The molecule has 2 heterocycles. The van der Waals surface area contributed by atoms with Crippen molar-refractivity contribution >= 4 is 17.3 Å². The first kappa shape index (κ1) is 13.9. The number of fused-ring (bicyclic) bond motifs is 1. The van der Waals surface area contributed by atoms with Gasteiger partial charge in [0.25, 0.3) is 0 Å². The van der Waals surface area contributed by atoms with Crippen molar-refractivity contribution in [2.24, 2.45) is 0 Å². The van der Waals surface area contributed by atoms with Gasteiger partial charge in [-0.25, -0.2) is 9.97 Å². The zero-order chi connectivity index (χ0) is 14.7. The molecule has 2 aromatic rings. The number of aromatic nitrogens is 2.